The van der Waals surface area contributed by atoms with E-state index >= 15 is 0 Å². The Morgan fingerprint density at radius 2 is 2.06 bits per heavy atom. The van der Waals surface area contributed by atoms with E-state index < -0.39 is 0 Å². The monoisotopic (exact) mass is 279 g/mol. The number of hydrogen-bond donors (Lipinski definition) is 1. The lowest BCUT2D eigenvalue weighted by Gasteiger charge is -2.11. The maximum atomic E-state index is 6.02. The van der Waals surface area contributed by atoms with Crippen LogP contribution in [0.25, 0.3) is 0 Å². The first-order chi connectivity index (χ1) is 8.65. The molecule has 1 aromatic heterocycles. The zero-order valence-electron chi connectivity index (χ0n) is 10.0. The number of nitrogens with zero attached hydrogens (tertiary/aromatic N) is 2. The molecule has 0 saturated heterocycles. The van der Waals surface area contributed by atoms with E-state index in [2.05, 4.69) is 9.97 Å². The number of rotatable bonds is 4. The van der Waals surface area contributed by atoms with Gasteiger partial charge in [0.15, 0.2) is 5.16 Å². The van der Waals surface area contributed by atoms with Crippen molar-refractivity contribution < 1.29 is 0 Å². The van der Waals surface area contributed by atoms with Crippen LogP contribution in [0.2, 0.25) is 5.02 Å². The minimum atomic E-state index is 0.0968. The molecule has 1 atom stereocenters. The van der Waals surface area contributed by atoms with Crippen molar-refractivity contribution in [3.8, 4) is 0 Å². The van der Waals surface area contributed by atoms with Gasteiger partial charge in [0, 0.05) is 28.4 Å². The van der Waals surface area contributed by atoms with Crippen LogP contribution in [0.1, 0.15) is 12.5 Å². The third kappa shape index (κ3) is 3.70. The highest BCUT2D eigenvalue weighted by atomic mass is 35.5. The Hall–Kier alpha value is -1.10. The molecule has 0 radical (unpaired) electrons. The Balaban J connectivity index is 2.26. The van der Waals surface area contributed by atoms with E-state index in [1.54, 1.807) is 18.5 Å². The second kappa shape index (κ2) is 6.18. The Morgan fingerprint density at radius 3 is 2.72 bits per heavy atom. The Labute approximate surface area is 116 Å². The summed E-state index contributed by atoms with van der Waals surface area (Å²) in [6, 6.07) is 7.71. The lowest BCUT2D eigenvalue weighted by molar-refractivity contribution is 0.729. The molecule has 94 valence electrons. The first-order valence-corrected chi connectivity index (χ1v) is 6.83. The van der Waals surface area contributed by atoms with Gasteiger partial charge in [0.2, 0.25) is 0 Å². The van der Waals surface area contributed by atoms with Gasteiger partial charge in [0.25, 0.3) is 0 Å². The summed E-state index contributed by atoms with van der Waals surface area (Å²) in [7, 11) is 0. The standard InChI is InChI=1S/C13H14ClN3S/c1-9(15)7-10-8-11(14)3-4-12(10)18-13-16-5-2-6-17-13/h2-6,8-9H,7,15H2,1H3. The highest BCUT2D eigenvalue weighted by Crippen LogP contribution is 2.30. The molecule has 1 heterocycles. The Kier molecular flexibility index (Phi) is 4.58. The summed E-state index contributed by atoms with van der Waals surface area (Å²) >= 11 is 7.55. The van der Waals surface area contributed by atoms with Gasteiger partial charge < -0.3 is 5.73 Å². The highest BCUT2D eigenvalue weighted by Gasteiger charge is 2.08. The molecular formula is C13H14ClN3S. The largest absolute Gasteiger partial charge is 0.328 e. The van der Waals surface area contributed by atoms with Gasteiger partial charge in [0.05, 0.1) is 0 Å². The normalized spacial score (nSPS) is 12.4. The van der Waals surface area contributed by atoms with Crippen molar-refractivity contribution in [2.45, 2.75) is 29.4 Å². The molecule has 0 aliphatic carbocycles. The smallest absolute Gasteiger partial charge is 0.192 e. The fraction of sp³-hybridized carbons (Fsp3) is 0.231. The maximum Gasteiger partial charge on any atom is 0.192 e. The van der Waals surface area contributed by atoms with Crippen molar-refractivity contribution in [2.75, 3.05) is 0 Å². The summed E-state index contributed by atoms with van der Waals surface area (Å²) in [6.45, 7) is 1.98. The summed E-state index contributed by atoms with van der Waals surface area (Å²) in [4.78, 5) is 9.51. The van der Waals surface area contributed by atoms with Crippen LogP contribution < -0.4 is 5.73 Å². The van der Waals surface area contributed by atoms with Crippen LogP contribution in [0.15, 0.2) is 46.7 Å². The van der Waals surface area contributed by atoms with Gasteiger partial charge in [-0.2, -0.15) is 0 Å². The molecule has 2 N–H and O–H groups in total. The number of halogens is 1. The molecule has 0 spiro atoms. The summed E-state index contributed by atoms with van der Waals surface area (Å²) in [6.07, 6.45) is 4.25. The molecular weight excluding hydrogens is 266 g/mol. The van der Waals surface area contributed by atoms with Gasteiger partial charge >= 0.3 is 0 Å². The van der Waals surface area contributed by atoms with Crippen LogP contribution in [0.4, 0.5) is 0 Å². The first-order valence-electron chi connectivity index (χ1n) is 5.64. The minimum Gasteiger partial charge on any atom is -0.328 e. The van der Waals surface area contributed by atoms with Crippen molar-refractivity contribution in [3.63, 3.8) is 0 Å². The van der Waals surface area contributed by atoms with Crippen LogP contribution >= 0.6 is 23.4 Å². The van der Waals surface area contributed by atoms with Crippen LogP contribution in [0, 0.1) is 0 Å². The fourth-order valence-corrected chi connectivity index (χ4v) is 2.62. The molecule has 2 rings (SSSR count). The van der Waals surface area contributed by atoms with Crippen molar-refractivity contribution >= 4 is 23.4 Å². The molecule has 0 bridgehead atoms. The zero-order chi connectivity index (χ0) is 13.0. The molecule has 0 amide bonds. The fourth-order valence-electron chi connectivity index (χ4n) is 1.59. The molecule has 0 fully saturated rings. The topological polar surface area (TPSA) is 51.8 Å². The number of benzene rings is 1. The molecule has 3 nitrogen and oxygen atoms in total. The minimum absolute atomic E-state index is 0.0968. The van der Waals surface area contributed by atoms with Crippen molar-refractivity contribution in [1.29, 1.82) is 0 Å². The predicted octanol–water partition coefficient (Wildman–Crippen LogP) is 3.17. The van der Waals surface area contributed by atoms with E-state index in [1.807, 2.05) is 25.1 Å². The zero-order valence-corrected chi connectivity index (χ0v) is 11.6. The molecule has 0 saturated carbocycles. The van der Waals surface area contributed by atoms with Gasteiger partial charge in [-0.15, -0.1) is 0 Å². The van der Waals surface area contributed by atoms with Gasteiger partial charge in [-0.05, 0) is 54.9 Å². The Morgan fingerprint density at radius 1 is 1.33 bits per heavy atom. The predicted molar refractivity (Wildman–Crippen MR) is 75.0 cm³/mol. The van der Waals surface area contributed by atoms with E-state index in [0.717, 1.165) is 27.1 Å². The summed E-state index contributed by atoms with van der Waals surface area (Å²) in [5, 5.41) is 1.45. The van der Waals surface area contributed by atoms with Gasteiger partial charge in [-0.1, -0.05) is 11.6 Å². The molecule has 1 aromatic carbocycles. The Bertz CT molecular complexity index is 517. The lowest BCUT2D eigenvalue weighted by Crippen LogP contribution is -2.18. The average Bonchev–Trinajstić information content (AvgIpc) is 2.33. The third-order valence-corrected chi connectivity index (χ3v) is 3.55. The summed E-state index contributed by atoms with van der Waals surface area (Å²) in [5.41, 5.74) is 6.99. The number of hydrogen-bond acceptors (Lipinski definition) is 4. The van der Waals surface area contributed by atoms with E-state index in [1.165, 1.54) is 11.8 Å². The quantitative estimate of drug-likeness (QED) is 0.874. The molecule has 5 heteroatoms. The van der Waals surface area contributed by atoms with Gasteiger partial charge in [-0.3, -0.25) is 0 Å². The van der Waals surface area contributed by atoms with Crippen molar-refractivity contribution in [2.24, 2.45) is 5.73 Å². The van der Waals surface area contributed by atoms with Crippen molar-refractivity contribution in [3.05, 3.63) is 47.2 Å². The van der Waals surface area contributed by atoms with E-state index in [9.17, 15) is 0 Å². The highest BCUT2D eigenvalue weighted by molar-refractivity contribution is 7.99. The first kappa shape index (κ1) is 13.3. The van der Waals surface area contributed by atoms with Crippen LogP contribution in [-0.4, -0.2) is 16.0 Å². The molecule has 2 aromatic rings. The van der Waals surface area contributed by atoms with E-state index in [0.29, 0.717) is 0 Å². The lowest BCUT2D eigenvalue weighted by atomic mass is 10.1. The maximum absolute atomic E-state index is 6.02. The van der Waals surface area contributed by atoms with Gasteiger partial charge in [0.1, 0.15) is 0 Å². The summed E-state index contributed by atoms with van der Waals surface area (Å²) < 4.78 is 0. The van der Waals surface area contributed by atoms with Gasteiger partial charge in [-0.25, -0.2) is 9.97 Å². The van der Waals surface area contributed by atoms with Crippen LogP contribution in [0.5, 0.6) is 0 Å². The SMILES string of the molecule is CC(N)Cc1cc(Cl)ccc1Sc1ncccn1. The number of aromatic nitrogens is 2. The van der Waals surface area contributed by atoms with Crippen molar-refractivity contribution in [1.82, 2.24) is 9.97 Å². The molecule has 0 aliphatic rings. The molecule has 0 aliphatic heterocycles. The second-order valence-electron chi connectivity index (χ2n) is 4.07. The molecule has 18 heavy (non-hydrogen) atoms. The third-order valence-electron chi connectivity index (χ3n) is 2.31. The summed E-state index contributed by atoms with van der Waals surface area (Å²) in [5.74, 6) is 0. The van der Waals surface area contributed by atoms with Crippen LogP contribution in [0.3, 0.4) is 0 Å². The second-order valence-corrected chi connectivity index (χ2v) is 5.51. The number of nitrogens with two attached hydrogens (primary N) is 1. The van der Waals surface area contributed by atoms with E-state index in [4.69, 9.17) is 17.3 Å². The molecule has 1 unspecified atom stereocenters. The average molecular weight is 280 g/mol. The van der Waals surface area contributed by atoms with E-state index in [-0.39, 0.29) is 6.04 Å². The van der Waals surface area contributed by atoms with Crippen LogP contribution in [-0.2, 0) is 6.42 Å².